The Kier molecular flexibility index (Phi) is 44.6. The average Bonchev–Trinajstić information content (AvgIpc) is 1.64. The van der Waals surface area contributed by atoms with Crippen LogP contribution in [0.5, 0.6) is 46.0 Å². The summed E-state index contributed by atoms with van der Waals surface area (Å²) in [6, 6.07) is 67.8. The maximum atomic E-state index is 11.7. The summed E-state index contributed by atoms with van der Waals surface area (Å²) in [6.45, 7) is 31.5. The van der Waals surface area contributed by atoms with Crippen LogP contribution in [0.1, 0.15) is 149 Å². The Labute approximate surface area is 854 Å². The SMILES string of the molecule is CCOc1ccc(COc2ccc(C)cc2C)c(N(O)C(=O)OC)c1.CCc1ccc(COc2ccc(C)cc2C)c(N(O)C(=O)OC)c1.COC(=O)N(O)c1cc(C)ccc1COc1ccc(C)cc1C.COC(=O)N(O)c1cc(C2CC2)ccc1COc1ccc(C)cc1C.COC(=O)N(O)c1cc(I)ccc1COc1ccc(C)cc1C.COC(=O)N(O)c1cc(OC)ccc1COc1ccc(C)cc1C. The number of nitrogens with zero attached hydrogens (tertiary/aromatic N) is 6. The van der Waals surface area contributed by atoms with Crippen LogP contribution in [0.4, 0.5) is 62.9 Å². The van der Waals surface area contributed by atoms with Gasteiger partial charge in [0.2, 0.25) is 0 Å². The maximum absolute atomic E-state index is 11.7. The molecule has 144 heavy (non-hydrogen) atoms. The lowest BCUT2D eigenvalue weighted by atomic mass is 10.1. The molecular weight excluding hydrogens is 1960 g/mol. The number of carbonyl (C=O) groups excluding carboxylic acids is 6. The fourth-order valence-corrected chi connectivity index (χ4v) is 15.0. The highest BCUT2D eigenvalue weighted by Gasteiger charge is 2.29. The molecule has 0 unspecified atom stereocenters. The Morgan fingerprint density at radius 1 is 0.271 bits per heavy atom. The van der Waals surface area contributed by atoms with Gasteiger partial charge in [0.1, 0.15) is 85.6 Å². The zero-order valence-electron chi connectivity index (χ0n) is 85.3. The summed E-state index contributed by atoms with van der Waals surface area (Å²) >= 11 is 2.11. The Bertz CT molecular complexity index is 6120. The molecule has 1 aliphatic rings. The number of amides is 6. The minimum Gasteiger partial charge on any atom is -0.497 e. The molecule has 0 saturated heterocycles. The molecule has 1 saturated carbocycles. The van der Waals surface area contributed by atoms with Crippen molar-refractivity contribution in [1.82, 2.24) is 0 Å². The first-order valence-electron chi connectivity index (χ1n) is 45.9. The first-order valence-corrected chi connectivity index (χ1v) is 47.0. The molecule has 13 rings (SSSR count). The zero-order valence-corrected chi connectivity index (χ0v) is 87.5. The summed E-state index contributed by atoms with van der Waals surface area (Å²) in [5.41, 5.74) is 22.2. The molecule has 12 aromatic carbocycles. The largest absolute Gasteiger partial charge is 0.497 e. The van der Waals surface area contributed by atoms with Crippen LogP contribution in [0.3, 0.4) is 0 Å². The van der Waals surface area contributed by atoms with Crippen molar-refractivity contribution in [3.63, 3.8) is 0 Å². The van der Waals surface area contributed by atoms with E-state index >= 15 is 0 Å². The quantitative estimate of drug-likeness (QED) is 0.0110. The first kappa shape index (κ1) is 114. The molecule has 0 spiro atoms. The van der Waals surface area contributed by atoms with Gasteiger partial charge in [-0.05, 0) is 286 Å². The highest BCUT2D eigenvalue weighted by atomic mass is 127. The van der Waals surface area contributed by atoms with E-state index in [1.165, 1.54) is 67.0 Å². The van der Waals surface area contributed by atoms with Crippen LogP contribution in [0.2, 0.25) is 0 Å². The van der Waals surface area contributed by atoms with Crippen molar-refractivity contribution >= 4 is 93.3 Å². The monoisotopic (exact) mass is 2090 g/mol. The predicted octanol–water partition coefficient (Wildman–Crippen LogP) is 25.8. The molecule has 1 fully saturated rings. The number of methoxy groups -OCH3 is 7. The highest BCUT2D eigenvalue weighted by molar-refractivity contribution is 14.1. The molecule has 6 N–H and O–H groups in total. The van der Waals surface area contributed by atoms with Crippen molar-refractivity contribution in [2.24, 2.45) is 0 Å². The summed E-state index contributed by atoms with van der Waals surface area (Å²) in [5, 5.41) is 63.3. The number of hydroxylamine groups is 6. The van der Waals surface area contributed by atoms with Crippen molar-refractivity contribution in [1.29, 1.82) is 0 Å². The van der Waals surface area contributed by atoms with Gasteiger partial charge < -0.3 is 66.3 Å². The third-order valence-corrected chi connectivity index (χ3v) is 23.1. The molecule has 12 aromatic rings. The lowest BCUT2D eigenvalue weighted by molar-refractivity contribution is 0.140. The molecule has 33 heteroatoms. The van der Waals surface area contributed by atoms with E-state index in [4.69, 9.17) is 37.9 Å². The van der Waals surface area contributed by atoms with Crippen LogP contribution in [-0.4, -0.2) is 124 Å². The predicted molar refractivity (Wildman–Crippen MR) is 557 cm³/mol. The van der Waals surface area contributed by atoms with E-state index in [0.29, 0.717) is 105 Å². The van der Waals surface area contributed by atoms with Crippen molar-refractivity contribution < 1.29 is 126 Å². The third kappa shape index (κ3) is 33.7. The molecular formula is C111H129IN6O26. The van der Waals surface area contributed by atoms with E-state index in [2.05, 4.69) is 57.1 Å². The number of ether oxygens (including phenoxy) is 14. The number of rotatable bonds is 29. The third-order valence-electron chi connectivity index (χ3n) is 22.4. The molecule has 1 aliphatic carbocycles. The summed E-state index contributed by atoms with van der Waals surface area (Å²) in [4.78, 5) is 69.8. The van der Waals surface area contributed by atoms with Gasteiger partial charge in [0.25, 0.3) is 0 Å². The Morgan fingerprint density at radius 2 is 0.507 bits per heavy atom. The van der Waals surface area contributed by atoms with Crippen molar-refractivity contribution in [2.45, 2.75) is 169 Å². The van der Waals surface area contributed by atoms with E-state index in [0.717, 1.165) is 135 Å². The van der Waals surface area contributed by atoms with Gasteiger partial charge in [-0.25, -0.2) is 28.8 Å². The van der Waals surface area contributed by atoms with Gasteiger partial charge in [-0.3, -0.25) is 31.2 Å². The smallest absolute Gasteiger partial charge is 0.438 e. The van der Waals surface area contributed by atoms with Crippen LogP contribution >= 0.6 is 22.6 Å². The molecule has 0 atom stereocenters. The van der Waals surface area contributed by atoms with Gasteiger partial charge in [0.05, 0.1) is 90.5 Å². The van der Waals surface area contributed by atoms with Gasteiger partial charge in [-0.1, -0.05) is 156 Å². The van der Waals surface area contributed by atoms with Crippen LogP contribution in [0.25, 0.3) is 0 Å². The van der Waals surface area contributed by atoms with Crippen molar-refractivity contribution in [3.8, 4) is 46.0 Å². The summed E-state index contributed by atoms with van der Waals surface area (Å²) in [5.74, 6) is 6.13. The van der Waals surface area contributed by atoms with Crippen molar-refractivity contribution in [2.75, 3.05) is 86.8 Å². The number of carbonyl (C=O) groups is 6. The minimum atomic E-state index is -0.893. The summed E-state index contributed by atoms with van der Waals surface area (Å²) in [6.07, 6.45) is -2.05. The number of halogens is 1. The van der Waals surface area contributed by atoms with Gasteiger partial charge in [-0.15, -0.1) is 0 Å². The molecule has 0 aliphatic heterocycles. The van der Waals surface area contributed by atoms with Crippen LogP contribution < -0.4 is 68.3 Å². The highest BCUT2D eigenvalue weighted by Crippen LogP contribution is 2.43. The standard InChI is InChI=1S/C20H23NO4.C19H23NO5.C19H23NO4.C18H21NO5.C18H21NO4.C17H18INO4/c1-13-4-9-19(14(2)10-13)25-12-17-8-7-16(15-5-6-15)11-18(17)21(23)20(22)24-3;1-5-24-16-8-7-15(17(11-16)20(22)19(21)23-4)12-25-18-9-6-13(2)10-14(18)3;1-5-15-7-8-16(17(11-15)20(22)19(21)23-4)12-24-18-9-6-13(2)10-14(18)3;1-12-5-8-17(13(2)9-12)24-11-14-6-7-15(22-3)10-16(14)19(21)18(20)23-4;1-12-6-8-17(14(3)9-12)23-11-15-7-5-13(2)10-16(15)19(21)18(20)22-4;1-11-4-7-16(12(2)8-11)23-10-13-5-6-14(18)9-15(13)19(21)17(20)22-3/h4,7-11,15,23H,5-6,12H2,1-3H3;6-11,22H,5,12H2,1-4H3;6-11,22H,5,12H2,1-4H3;5-10,21H,11H2,1-4H3;5-10,21H,11H2,1-4H3;4-9,21H,10H2,1-3H3. The zero-order chi connectivity index (χ0) is 106. The second-order valence-electron chi connectivity index (χ2n) is 33.6. The van der Waals surface area contributed by atoms with Gasteiger partial charge in [0.15, 0.2) is 0 Å². The lowest BCUT2D eigenvalue weighted by Crippen LogP contribution is -2.28. The Morgan fingerprint density at radius 3 is 0.785 bits per heavy atom. The Hall–Kier alpha value is -14.9. The fraction of sp³-hybridized carbons (Fsp3) is 0.297. The van der Waals surface area contributed by atoms with E-state index in [1.54, 1.807) is 48.5 Å². The molecule has 0 bridgehead atoms. The topological polar surface area (TPSA) is 372 Å². The van der Waals surface area contributed by atoms with E-state index in [9.17, 15) is 60.0 Å². The maximum Gasteiger partial charge on any atom is 0.438 e. The van der Waals surface area contributed by atoms with Crippen LogP contribution in [0, 0.1) is 93.6 Å². The van der Waals surface area contributed by atoms with Gasteiger partial charge >= 0.3 is 36.6 Å². The van der Waals surface area contributed by atoms with Gasteiger partial charge in [-0.2, -0.15) is 30.4 Å². The average molecular weight is 2090 g/mol. The van der Waals surface area contributed by atoms with E-state index in [1.807, 2.05) is 262 Å². The molecule has 0 heterocycles. The molecule has 32 nitrogen and oxygen atoms in total. The molecule has 6 amide bonds. The number of aryl methyl sites for hydroxylation is 14. The second kappa shape index (κ2) is 56.1. The van der Waals surface area contributed by atoms with Crippen LogP contribution in [-0.2, 0) is 74.5 Å². The molecule has 0 radical (unpaired) electrons. The van der Waals surface area contributed by atoms with Crippen molar-refractivity contribution in [3.05, 3.63) is 339 Å². The normalized spacial score (nSPS) is 10.8. The van der Waals surface area contributed by atoms with E-state index in [-0.39, 0.29) is 51.0 Å². The van der Waals surface area contributed by atoms with E-state index < -0.39 is 36.6 Å². The van der Waals surface area contributed by atoms with Crippen LogP contribution in [0.15, 0.2) is 218 Å². The molecule has 0 aromatic heterocycles. The summed E-state index contributed by atoms with van der Waals surface area (Å²) < 4.78 is 74.0. The minimum absolute atomic E-state index is 0.178. The lowest BCUT2D eigenvalue weighted by Gasteiger charge is -2.19. The summed E-state index contributed by atoms with van der Waals surface area (Å²) in [7, 11) is 8.79. The number of hydrogen-bond acceptors (Lipinski definition) is 26. The fourth-order valence-electron chi connectivity index (χ4n) is 14.5. The number of benzene rings is 12. The van der Waals surface area contributed by atoms with Gasteiger partial charge in [0, 0.05) is 49.1 Å². The number of anilines is 6. The number of hydrogen-bond donors (Lipinski definition) is 6. The second-order valence-corrected chi connectivity index (χ2v) is 34.9. The Balaban J connectivity index is 0.000000211. The first-order chi connectivity index (χ1) is 68.7. The molecule has 766 valence electrons.